The third kappa shape index (κ3) is 5.04. The van der Waals surface area contributed by atoms with E-state index in [1.54, 1.807) is 12.1 Å². The molecule has 1 rings (SSSR count). The molecule has 0 fully saturated rings. The van der Waals surface area contributed by atoms with Gasteiger partial charge in [0.1, 0.15) is 5.69 Å². The number of rotatable bonds is 8. The number of nitriles is 1. The van der Waals surface area contributed by atoms with Crippen molar-refractivity contribution in [3.63, 3.8) is 0 Å². The molecule has 0 unspecified atom stereocenters. The van der Waals surface area contributed by atoms with Crippen molar-refractivity contribution in [1.82, 2.24) is 4.90 Å². The number of hydrogen-bond acceptors (Lipinski definition) is 5. The fourth-order valence-electron chi connectivity index (χ4n) is 2.11. The molecule has 21 heavy (non-hydrogen) atoms. The number of nitrogens with zero attached hydrogens (tertiary/aromatic N) is 3. The van der Waals surface area contributed by atoms with E-state index in [1.807, 2.05) is 13.0 Å². The number of anilines is 1. The number of hydrogen-bond donors (Lipinski definition) is 1. The Balaban J connectivity index is 2.94. The summed E-state index contributed by atoms with van der Waals surface area (Å²) in [5.74, 6) is 0. The van der Waals surface area contributed by atoms with Crippen LogP contribution in [0.1, 0.15) is 32.8 Å². The van der Waals surface area contributed by atoms with Gasteiger partial charge in [-0.2, -0.15) is 5.26 Å². The standard InChI is InChI=1S/C15H22N4O2/c1-4-17-14-7-6-13(10-15(14)19(20)21)11-18(12(2)3)9-5-8-16/h6-7,10,12,17H,4-5,9,11H2,1-3H3. The van der Waals surface area contributed by atoms with Gasteiger partial charge in [-0.15, -0.1) is 0 Å². The van der Waals surface area contributed by atoms with E-state index >= 15 is 0 Å². The van der Waals surface area contributed by atoms with E-state index in [2.05, 4.69) is 30.1 Å². The summed E-state index contributed by atoms with van der Waals surface area (Å²) < 4.78 is 0. The number of nitro benzene ring substituents is 1. The molecular formula is C15H22N4O2. The molecule has 0 heterocycles. The smallest absolute Gasteiger partial charge is 0.292 e. The molecule has 6 nitrogen and oxygen atoms in total. The summed E-state index contributed by atoms with van der Waals surface area (Å²) in [6.45, 7) is 7.92. The first-order valence-corrected chi connectivity index (χ1v) is 7.11. The van der Waals surface area contributed by atoms with Gasteiger partial charge in [0.2, 0.25) is 0 Å². The number of nitro groups is 1. The second-order valence-corrected chi connectivity index (χ2v) is 5.11. The Morgan fingerprint density at radius 2 is 2.19 bits per heavy atom. The normalized spacial score (nSPS) is 10.7. The molecule has 1 aromatic carbocycles. The lowest BCUT2D eigenvalue weighted by molar-refractivity contribution is -0.384. The summed E-state index contributed by atoms with van der Waals surface area (Å²) in [6.07, 6.45) is 0.454. The van der Waals surface area contributed by atoms with Gasteiger partial charge >= 0.3 is 0 Å². The molecule has 114 valence electrons. The van der Waals surface area contributed by atoms with Crippen molar-refractivity contribution in [2.24, 2.45) is 0 Å². The molecule has 0 saturated carbocycles. The first kappa shape index (κ1) is 16.9. The summed E-state index contributed by atoms with van der Waals surface area (Å²) in [5, 5.41) is 22.8. The van der Waals surface area contributed by atoms with Crippen LogP contribution in [-0.2, 0) is 6.54 Å². The van der Waals surface area contributed by atoms with Gasteiger partial charge in [0, 0.05) is 38.2 Å². The van der Waals surface area contributed by atoms with Crippen LogP contribution in [0.15, 0.2) is 18.2 Å². The third-order valence-corrected chi connectivity index (χ3v) is 3.25. The van der Waals surface area contributed by atoms with Crippen molar-refractivity contribution in [3.05, 3.63) is 33.9 Å². The van der Waals surface area contributed by atoms with Gasteiger partial charge in [0.05, 0.1) is 11.0 Å². The topological polar surface area (TPSA) is 82.2 Å². The van der Waals surface area contributed by atoms with Crippen molar-refractivity contribution in [2.75, 3.05) is 18.4 Å². The van der Waals surface area contributed by atoms with Gasteiger partial charge in [-0.05, 0) is 32.4 Å². The fraction of sp³-hybridized carbons (Fsp3) is 0.533. The minimum absolute atomic E-state index is 0.0957. The molecular weight excluding hydrogens is 268 g/mol. The monoisotopic (exact) mass is 290 g/mol. The average Bonchev–Trinajstić information content (AvgIpc) is 2.44. The predicted molar refractivity (Wildman–Crippen MR) is 83.0 cm³/mol. The Bertz CT molecular complexity index is 523. The van der Waals surface area contributed by atoms with Gasteiger partial charge < -0.3 is 5.32 Å². The predicted octanol–water partition coefficient (Wildman–Crippen LogP) is 3.15. The van der Waals surface area contributed by atoms with E-state index in [0.717, 1.165) is 5.56 Å². The first-order valence-electron chi connectivity index (χ1n) is 7.11. The maximum absolute atomic E-state index is 11.1. The molecule has 0 amide bonds. The molecule has 0 radical (unpaired) electrons. The van der Waals surface area contributed by atoms with Crippen molar-refractivity contribution >= 4 is 11.4 Å². The molecule has 1 aromatic rings. The zero-order valence-corrected chi connectivity index (χ0v) is 12.8. The maximum Gasteiger partial charge on any atom is 0.292 e. The zero-order chi connectivity index (χ0) is 15.8. The fourth-order valence-corrected chi connectivity index (χ4v) is 2.11. The van der Waals surface area contributed by atoms with E-state index in [4.69, 9.17) is 5.26 Å². The van der Waals surface area contributed by atoms with Crippen LogP contribution in [-0.4, -0.2) is 29.0 Å². The average molecular weight is 290 g/mol. The number of benzene rings is 1. The van der Waals surface area contributed by atoms with Crippen LogP contribution < -0.4 is 5.32 Å². The second-order valence-electron chi connectivity index (χ2n) is 5.11. The van der Waals surface area contributed by atoms with Gasteiger partial charge in [-0.25, -0.2) is 0 Å². The lowest BCUT2D eigenvalue weighted by Gasteiger charge is -2.25. The van der Waals surface area contributed by atoms with Crippen LogP contribution in [0.5, 0.6) is 0 Å². The Hall–Kier alpha value is -2.13. The highest BCUT2D eigenvalue weighted by Gasteiger charge is 2.16. The maximum atomic E-state index is 11.1. The van der Waals surface area contributed by atoms with E-state index in [0.29, 0.717) is 31.7 Å². The van der Waals surface area contributed by atoms with Crippen LogP contribution in [0.2, 0.25) is 0 Å². The Labute approximate surface area is 125 Å². The van der Waals surface area contributed by atoms with Crippen molar-refractivity contribution in [1.29, 1.82) is 5.26 Å². The summed E-state index contributed by atoms with van der Waals surface area (Å²) >= 11 is 0. The van der Waals surface area contributed by atoms with Crippen LogP contribution >= 0.6 is 0 Å². The van der Waals surface area contributed by atoms with Crippen LogP contribution in [0.4, 0.5) is 11.4 Å². The van der Waals surface area contributed by atoms with E-state index in [-0.39, 0.29) is 16.7 Å². The minimum atomic E-state index is -0.365. The molecule has 0 aromatic heterocycles. The summed E-state index contributed by atoms with van der Waals surface area (Å²) in [4.78, 5) is 12.9. The first-order chi connectivity index (χ1) is 9.99. The largest absolute Gasteiger partial charge is 0.380 e. The van der Waals surface area contributed by atoms with Gasteiger partial charge in [0.15, 0.2) is 0 Å². The molecule has 0 bridgehead atoms. The Morgan fingerprint density at radius 3 is 2.71 bits per heavy atom. The summed E-state index contributed by atoms with van der Waals surface area (Å²) in [6, 6.07) is 7.67. The molecule has 0 aliphatic rings. The minimum Gasteiger partial charge on any atom is -0.380 e. The van der Waals surface area contributed by atoms with Crippen LogP contribution in [0, 0.1) is 21.4 Å². The van der Waals surface area contributed by atoms with Crippen molar-refractivity contribution in [3.8, 4) is 6.07 Å². The van der Waals surface area contributed by atoms with E-state index in [9.17, 15) is 10.1 Å². The quantitative estimate of drug-likeness (QED) is 0.587. The van der Waals surface area contributed by atoms with Crippen molar-refractivity contribution in [2.45, 2.75) is 39.8 Å². The second kappa shape index (κ2) is 8.22. The highest BCUT2D eigenvalue weighted by molar-refractivity contribution is 5.62. The van der Waals surface area contributed by atoms with Crippen LogP contribution in [0.3, 0.4) is 0 Å². The van der Waals surface area contributed by atoms with Crippen molar-refractivity contribution < 1.29 is 4.92 Å². The molecule has 0 aliphatic heterocycles. The van der Waals surface area contributed by atoms with Crippen LogP contribution in [0.25, 0.3) is 0 Å². The highest BCUT2D eigenvalue weighted by Crippen LogP contribution is 2.26. The molecule has 1 N–H and O–H groups in total. The Morgan fingerprint density at radius 1 is 1.48 bits per heavy atom. The SMILES string of the molecule is CCNc1ccc(CN(CCC#N)C(C)C)cc1[N+](=O)[O-]. The lowest BCUT2D eigenvalue weighted by Crippen LogP contribution is -2.31. The van der Waals surface area contributed by atoms with Gasteiger partial charge in [-0.3, -0.25) is 15.0 Å². The zero-order valence-electron chi connectivity index (χ0n) is 12.8. The molecule has 0 saturated heterocycles. The summed E-state index contributed by atoms with van der Waals surface area (Å²) in [7, 11) is 0. The van der Waals surface area contributed by atoms with E-state index in [1.165, 1.54) is 0 Å². The molecule has 0 atom stereocenters. The molecule has 0 aliphatic carbocycles. The lowest BCUT2D eigenvalue weighted by atomic mass is 10.1. The molecule has 6 heteroatoms. The number of nitrogens with one attached hydrogen (secondary N) is 1. The van der Waals surface area contributed by atoms with Gasteiger partial charge in [-0.1, -0.05) is 6.07 Å². The third-order valence-electron chi connectivity index (χ3n) is 3.25. The summed E-state index contributed by atoms with van der Waals surface area (Å²) in [5.41, 5.74) is 1.52. The highest BCUT2D eigenvalue weighted by atomic mass is 16.6. The van der Waals surface area contributed by atoms with E-state index < -0.39 is 0 Å². The van der Waals surface area contributed by atoms with Gasteiger partial charge in [0.25, 0.3) is 5.69 Å². The Kier molecular flexibility index (Phi) is 6.63. The molecule has 0 spiro atoms.